The Bertz CT molecular complexity index is 1040. The van der Waals surface area contributed by atoms with E-state index < -0.39 is 18.3 Å². The van der Waals surface area contributed by atoms with Crippen molar-refractivity contribution in [3.05, 3.63) is 48.2 Å². The Morgan fingerprint density at radius 2 is 1.73 bits per heavy atom. The third-order valence-electron chi connectivity index (χ3n) is 7.99. The molecule has 1 aromatic rings. The van der Waals surface area contributed by atoms with Gasteiger partial charge in [0, 0.05) is 38.9 Å². The summed E-state index contributed by atoms with van der Waals surface area (Å²) in [5.41, 5.74) is 3.16. The van der Waals surface area contributed by atoms with Gasteiger partial charge in [0.1, 0.15) is 24.6 Å². The molecule has 1 aliphatic carbocycles. The molecule has 2 saturated heterocycles. The van der Waals surface area contributed by atoms with E-state index in [4.69, 9.17) is 37.9 Å². The molecule has 0 amide bonds. The number of allylic oxidation sites excluding steroid dienone is 1. The monoisotopic (exact) mass is 616 g/mol. The highest BCUT2D eigenvalue weighted by Gasteiger charge is 2.47. The molecule has 44 heavy (non-hydrogen) atoms. The first-order chi connectivity index (χ1) is 21.5. The van der Waals surface area contributed by atoms with Crippen LogP contribution in [0.15, 0.2) is 48.2 Å². The van der Waals surface area contributed by atoms with E-state index >= 15 is 0 Å². The predicted molar refractivity (Wildman–Crippen MR) is 161 cm³/mol. The Balaban J connectivity index is 1.48. The zero-order chi connectivity index (χ0) is 31.0. The second kappa shape index (κ2) is 18.9. The summed E-state index contributed by atoms with van der Waals surface area (Å²) in [5, 5.41) is 0. The van der Waals surface area contributed by atoms with Crippen molar-refractivity contribution in [2.75, 3.05) is 33.5 Å². The van der Waals surface area contributed by atoms with Gasteiger partial charge in [-0.1, -0.05) is 18.2 Å². The largest absolute Gasteiger partial charge is 0.491 e. The van der Waals surface area contributed by atoms with Crippen LogP contribution in [0.1, 0.15) is 71.1 Å². The fourth-order valence-corrected chi connectivity index (χ4v) is 5.78. The lowest BCUT2D eigenvalue weighted by molar-refractivity contribution is -0.226. The molecule has 0 bridgehead atoms. The van der Waals surface area contributed by atoms with Crippen LogP contribution >= 0.6 is 0 Å². The molecule has 0 spiro atoms. The summed E-state index contributed by atoms with van der Waals surface area (Å²) in [4.78, 5) is 23.5. The standard InChI is InChI=1S/C34H48O10/c1-25(35)42-29-22-30(44-33-19-11-13-21-39-33)34(28(29)16-8-3-4-9-17-31(36)37-2)41-24-27(43-32-18-10-12-20-38-32)23-40-26-14-6-5-7-15-26/h4-8,14-15,27-30,32-34H,9-13,16-24H2,1-2H3. The van der Waals surface area contributed by atoms with Gasteiger partial charge in [-0.3, -0.25) is 9.59 Å². The van der Waals surface area contributed by atoms with Crippen molar-refractivity contribution in [2.45, 2.75) is 108 Å². The number of carbonyl (C=O) groups is 2. The maximum Gasteiger partial charge on any atom is 0.305 e. The molecule has 0 radical (unpaired) electrons. The number of carbonyl (C=O) groups excluding carboxylic acids is 2. The molecule has 1 saturated carbocycles. The van der Waals surface area contributed by atoms with Gasteiger partial charge in [-0.2, -0.15) is 0 Å². The van der Waals surface area contributed by atoms with Crippen molar-refractivity contribution in [1.29, 1.82) is 0 Å². The molecular formula is C34H48O10. The molecule has 7 unspecified atom stereocenters. The summed E-state index contributed by atoms with van der Waals surface area (Å²) in [5.74, 6) is -0.0497. The molecule has 3 aliphatic rings. The second-order valence-electron chi connectivity index (χ2n) is 11.4. The first-order valence-electron chi connectivity index (χ1n) is 16.0. The van der Waals surface area contributed by atoms with Crippen LogP contribution < -0.4 is 4.74 Å². The van der Waals surface area contributed by atoms with Crippen LogP contribution in [0, 0.1) is 5.92 Å². The summed E-state index contributed by atoms with van der Waals surface area (Å²) in [6.07, 6.45) is 9.13. The van der Waals surface area contributed by atoms with Crippen LogP contribution in [-0.4, -0.2) is 82.5 Å². The van der Waals surface area contributed by atoms with E-state index in [2.05, 4.69) is 5.73 Å². The normalized spacial score (nSPS) is 27.5. The Morgan fingerprint density at radius 1 is 0.977 bits per heavy atom. The summed E-state index contributed by atoms with van der Waals surface area (Å²) < 4.78 is 47.8. The van der Waals surface area contributed by atoms with Gasteiger partial charge in [0.05, 0.1) is 25.9 Å². The summed E-state index contributed by atoms with van der Waals surface area (Å²) in [7, 11) is 1.37. The fourth-order valence-electron chi connectivity index (χ4n) is 5.78. The van der Waals surface area contributed by atoms with Gasteiger partial charge in [-0.05, 0) is 75.7 Å². The first-order valence-corrected chi connectivity index (χ1v) is 16.0. The molecular weight excluding hydrogens is 568 g/mol. The molecule has 0 N–H and O–H groups in total. The van der Waals surface area contributed by atoms with Gasteiger partial charge in [0.15, 0.2) is 12.6 Å². The van der Waals surface area contributed by atoms with Crippen molar-refractivity contribution in [3.8, 4) is 5.75 Å². The third kappa shape index (κ3) is 11.7. The second-order valence-corrected chi connectivity index (χ2v) is 11.4. The van der Waals surface area contributed by atoms with Crippen molar-refractivity contribution >= 4 is 11.9 Å². The third-order valence-corrected chi connectivity index (χ3v) is 7.99. The number of ether oxygens (including phenoxy) is 8. The van der Waals surface area contributed by atoms with E-state index in [0.717, 1.165) is 44.3 Å². The van der Waals surface area contributed by atoms with E-state index in [1.807, 2.05) is 36.4 Å². The van der Waals surface area contributed by atoms with Crippen molar-refractivity contribution < 1.29 is 47.5 Å². The highest BCUT2D eigenvalue weighted by atomic mass is 16.7. The van der Waals surface area contributed by atoms with E-state index in [1.54, 1.807) is 6.08 Å². The SMILES string of the molecule is COC(=O)CCC=C=CCC1C(OC(C)=O)CC(OC2CCCCO2)C1OCC(COc1ccccc1)OC1CCCCO1. The lowest BCUT2D eigenvalue weighted by Crippen LogP contribution is -2.40. The van der Waals surface area contributed by atoms with Crippen molar-refractivity contribution in [1.82, 2.24) is 0 Å². The number of rotatable bonds is 16. The van der Waals surface area contributed by atoms with Gasteiger partial charge < -0.3 is 37.9 Å². The lowest BCUT2D eigenvalue weighted by atomic mass is 9.98. The molecule has 2 aliphatic heterocycles. The molecule has 244 valence electrons. The van der Waals surface area contributed by atoms with Gasteiger partial charge in [0.2, 0.25) is 0 Å². The number of hydrogen-bond acceptors (Lipinski definition) is 10. The summed E-state index contributed by atoms with van der Waals surface area (Å²) in [6, 6.07) is 9.61. The first kappa shape index (κ1) is 34.2. The van der Waals surface area contributed by atoms with Crippen LogP contribution in [0.3, 0.4) is 0 Å². The summed E-state index contributed by atoms with van der Waals surface area (Å²) >= 11 is 0. The highest BCUT2D eigenvalue weighted by Crippen LogP contribution is 2.38. The zero-order valence-electron chi connectivity index (χ0n) is 26.1. The minimum Gasteiger partial charge on any atom is -0.491 e. The molecule has 1 aromatic carbocycles. The van der Waals surface area contributed by atoms with Gasteiger partial charge in [-0.15, -0.1) is 5.73 Å². The number of hydrogen-bond donors (Lipinski definition) is 0. The highest BCUT2D eigenvalue weighted by molar-refractivity contribution is 5.69. The minimum atomic E-state index is -0.402. The van der Waals surface area contributed by atoms with Crippen LogP contribution in [0.4, 0.5) is 0 Å². The Hall–Kier alpha value is -2.72. The average Bonchev–Trinajstić information content (AvgIpc) is 3.35. The number of para-hydroxylation sites is 1. The number of benzene rings is 1. The molecule has 7 atom stereocenters. The Kier molecular flexibility index (Phi) is 14.7. The van der Waals surface area contributed by atoms with Gasteiger partial charge >= 0.3 is 11.9 Å². The molecule has 3 fully saturated rings. The maximum absolute atomic E-state index is 12.1. The molecule has 4 rings (SSSR count). The molecule has 2 heterocycles. The van der Waals surface area contributed by atoms with E-state index in [-0.39, 0.29) is 56.2 Å². The predicted octanol–water partition coefficient (Wildman–Crippen LogP) is 5.28. The Labute approximate surface area is 260 Å². The maximum atomic E-state index is 12.1. The van der Waals surface area contributed by atoms with E-state index in [1.165, 1.54) is 14.0 Å². The van der Waals surface area contributed by atoms with Gasteiger partial charge in [-0.25, -0.2) is 0 Å². The van der Waals surface area contributed by atoms with Crippen molar-refractivity contribution in [3.63, 3.8) is 0 Å². The molecule has 10 heteroatoms. The fraction of sp³-hybridized carbons (Fsp3) is 0.676. The molecule has 0 aromatic heterocycles. The molecule has 10 nitrogen and oxygen atoms in total. The number of methoxy groups -OCH3 is 1. The van der Waals surface area contributed by atoms with Gasteiger partial charge in [0.25, 0.3) is 0 Å². The van der Waals surface area contributed by atoms with Crippen LogP contribution in [-0.2, 0) is 42.7 Å². The topological polar surface area (TPSA) is 108 Å². The lowest BCUT2D eigenvalue weighted by Gasteiger charge is -2.32. The summed E-state index contributed by atoms with van der Waals surface area (Å²) in [6.45, 7) is 3.28. The smallest absolute Gasteiger partial charge is 0.305 e. The van der Waals surface area contributed by atoms with Crippen LogP contribution in [0.5, 0.6) is 5.75 Å². The average molecular weight is 617 g/mol. The quantitative estimate of drug-likeness (QED) is 0.180. The Morgan fingerprint density at radius 3 is 2.41 bits per heavy atom. The van der Waals surface area contributed by atoms with Crippen LogP contribution in [0.2, 0.25) is 0 Å². The zero-order valence-corrected chi connectivity index (χ0v) is 26.1. The number of esters is 2. The van der Waals surface area contributed by atoms with E-state index in [9.17, 15) is 9.59 Å². The van der Waals surface area contributed by atoms with E-state index in [0.29, 0.717) is 32.5 Å². The van der Waals surface area contributed by atoms with Crippen molar-refractivity contribution in [2.24, 2.45) is 5.92 Å². The van der Waals surface area contributed by atoms with Crippen LogP contribution in [0.25, 0.3) is 0 Å². The minimum absolute atomic E-state index is 0.185.